The number of thiophene rings is 1. The molecule has 0 amide bonds. The number of hydrogen-bond acceptors (Lipinski definition) is 3. The molecular weight excluding hydrogens is 242 g/mol. The molecule has 2 unspecified atom stereocenters. The van der Waals surface area contributed by atoms with E-state index >= 15 is 0 Å². The maximum atomic E-state index is 5.82. The van der Waals surface area contributed by atoms with E-state index in [4.69, 9.17) is 4.74 Å². The second kappa shape index (κ2) is 7.27. The first kappa shape index (κ1) is 14.0. The molecule has 1 N–H and O–H groups in total. The maximum absolute atomic E-state index is 5.82. The summed E-state index contributed by atoms with van der Waals surface area (Å²) in [5.41, 5.74) is 0. The summed E-state index contributed by atoms with van der Waals surface area (Å²) in [5, 5.41) is 3.61. The van der Waals surface area contributed by atoms with Gasteiger partial charge in [0.25, 0.3) is 0 Å². The molecule has 0 aliphatic carbocycles. The second-order valence-corrected chi connectivity index (χ2v) is 6.44. The van der Waals surface area contributed by atoms with Gasteiger partial charge in [-0.3, -0.25) is 0 Å². The fourth-order valence-corrected chi connectivity index (χ4v) is 3.61. The third kappa shape index (κ3) is 4.08. The van der Waals surface area contributed by atoms with Crippen molar-refractivity contribution < 1.29 is 4.74 Å². The van der Waals surface area contributed by atoms with Crippen LogP contribution in [0.4, 0.5) is 0 Å². The van der Waals surface area contributed by atoms with Crippen molar-refractivity contribution in [2.45, 2.75) is 58.1 Å². The highest BCUT2D eigenvalue weighted by Crippen LogP contribution is 2.28. The standard InChI is InChI=1S/C15H25NOS/c1-3-16-14(15-10-7-12(2)18-15)9-8-13-6-4-5-11-17-13/h7,10,13-14,16H,3-6,8-9,11H2,1-2H3. The van der Waals surface area contributed by atoms with Gasteiger partial charge in [0.15, 0.2) is 0 Å². The van der Waals surface area contributed by atoms with Gasteiger partial charge in [-0.25, -0.2) is 0 Å². The maximum Gasteiger partial charge on any atom is 0.0575 e. The highest BCUT2D eigenvalue weighted by molar-refractivity contribution is 7.12. The molecule has 1 aromatic heterocycles. The molecule has 3 heteroatoms. The summed E-state index contributed by atoms with van der Waals surface area (Å²) < 4.78 is 5.82. The first-order chi connectivity index (χ1) is 8.79. The van der Waals surface area contributed by atoms with Crippen molar-refractivity contribution in [1.29, 1.82) is 0 Å². The quantitative estimate of drug-likeness (QED) is 0.839. The summed E-state index contributed by atoms with van der Waals surface area (Å²) >= 11 is 1.92. The molecule has 0 spiro atoms. The van der Waals surface area contributed by atoms with Gasteiger partial charge in [0.2, 0.25) is 0 Å². The highest BCUT2D eigenvalue weighted by Gasteiger charge is 2.18. The summed E-state index contributed by atoms with van der Waals surface area (Å²) in [6, 6.07) is 5.01. The smallest absolute Gasteiger partial charge is 0.0575 e. The van der Waals surface area contributed by atoms with Crippen molar-refractivity contribution in [2.24, 2.45) is 0 Å². The summed E-state index contributed by atoms with van der Waals surface area (Å²) in [4.78, 5) is 2.88. The van der Waals surface area contributed by atoms with E-state index in [9.17, 15) is 0 Å². The molecule has 1 aliphatic heterocycles. The van der Waals surface area contributed by atoms with Crippen LogP contribution in [0.25, 0.3) is 0 Å². The zero-order chi connectivity index (χ0) is 12.8. The zero-order valence-electron chi connectivity index (χ0n) is 11.6. The molecule has 2 heterocycles. The lowest BCUT2D eigenvalue weighted by atomic mass is 10.0. The van der Waals surface area contributed by atoms with Crippen molar-refractivity contribution in [1.82, 2.24) is 5.32 Å². The van der Waals surface area contributed by atoms with Gasteiger partial charge in [-0.1, -0.05) is 6.92 Å². The van der Waals surface area contributed by atoms with Crippen LogP contribution in [0.15, 0.2) is 12.1 Å². The van der Waals surface area contributed by atoms with Crippen LogP contribution in [0, 0.1) is 6.92 Å². The van der Waals surface area contributed by atoms with Crippen LogP contribution in [0.5, 0.6) is 0 Å². The topological polar surface area (TPSA) is 21.3 Å². The lowest BCUT2D eigenvalue weighted by molar-refractivity contribution is 0.00862. The molecule has 0 aromatic carbocycles. The van der Waals surface area contributed by atoms with Gasteiger partial charge >= 0.3 is 0 Å². The number of rotatable bonds is 6. The van der Waals surface area contributed by atoms with E-state index in [2.05, 4.69) is 31.3 Å². The number of hydrogen-bond donors (Lipinski definition) is 1. The predicted octanol–water partition coefficient (Wildman–Crippen LogP) is 4.06. The third-order valence-electron chi connectivity index (χ3n) is 3.61. The van der Waals surface area contributed by atoms with Crippen LogP contribution in [0.1, 0.15) is 54.8 Å². The van der Waals surface area contributed by atoms with Gasteiger partial charge in [-0.15, -0.1) is 11.3 Å². The summed E-state index contributed by atoms with van der Waals surface area (Å²) in [6.45, 7) is 6.37. The Morgan fingerprint density at radius 3 is 2.94 bits per heavy atom. The fourth-order valence-electron chi connectivity index (χ4n) is 2.62. The minimum absolute atomic E-state index is 0.501. The van der Waals surface area contributed by atoms with E-state index in [0.717, 1.165) is 13.2 Å². The molecule has 2 rings (SSSR count). The van der Waals surface area contributed by atoms with Gasteiger partial charge < -0.3 is 10.1 Å². The molecule has 2 atom stereocenters. The van der Waals surface area contributed by atoms with E-state index in [1.54, 1.807) is 0 Å². The minimum atomic E-state index is 0.501. The highest BCUT2D eigenvalue weighted by atomic mass is 32.1. The largest absolute Gasteiger partial charge is 0.378 e. The fraction of sp³-hybridized carbons (Fsp3) is 0.733. The Morgan fingerprint density at radius 1 is 1.44 bits per heavy atom. The Morgan fingerprint density at radius 2 is 2.33 bits per heavy atom. The van der Waals surface area contributed by atoms with Crippen LogP contribution in [0.2, 0.25) is 0 Å². The average molecular weight is 267 g/mol. The first-order valence-corrected chi connectivity index (χ1v) is 8.02. The first-order valence-electron chi connectivity index (χ1n) is 7.21. The Bertz CT molecular complexity index is 344. The molecule has 2 nitrogen and oxygen atoms in total. The van der Waals surface area contributed by atoms with Gasteiger partial charge in [0.1, 0.15) is 0 Å². The van der Waals surface area contributed by atoms with Gasteiger partial charge in [0, 0.05) is 22.4 Å². The Hall–Kier alpha value is -0.380. The van der Waals surface area contributed by atoms with E-state index < -0.39 is 0 Å². The summed E-state index contributed by atoms with van der Waals surface area (Å²) in [6.07, 6.45) is 6.72. The Kier molecular flexibility index (Phi) is 5.67. The van der Waals surface area contributed by atoms with Gasteiger partial charge in [0.05, 0.1) is 6.10 Å². The van der Waals surface area contributed by atoms with Crippen molar-refractivity contribution in [3.63, 3.8) is 0 Å². The Labute approximate surface area is 115 Å². The number of ether oxygens (including phenoxy) is 1. The van der Waals surface area contributed by atoms with Crippen molar-refractivity contribution in [3.05, 3.63) is 21.9 Å². The SMILES string of the molecule is CCNC(CCC1CCCCO1)c1ccc(C)s1. The zero-order valence-corrected chi connectivity index (χ0v) is 12.4. The van der Waals surface area contributed by atoms with Crippen molar-refractivity contribution in [2.75, 3.05) is 13.2 Å². The predicted molar refractivity (Wildman–Crippen MR) is 78.3 cm³/mol. The average Bonchev–Trinajstić information content (AvgIpc) is 2.82. The lowest BCUT2D eigenvalue weighted by Crippen LogP contribution is -2.24. The molecule has 0 saturated carbocycles. The molecule has 1 fully saturated rings. The monoisotopic (exact) mass is 267 g/mol. The van der Waals surface area contributed by atoms with Gasteiger partial charge in [-0.05, 0) is 57.7 Å². The number of aryl methyl sites for hydroxylation is 1. The minimum Gasteiger partial charge on any atom is -0.378 e. The van der Waals surface area contributed by atoms with Crippen LogP contribution in [0.3, 0.4) is 0 Å². The molecule has 1 saturated heterocycles. The summed E-state index contributed by atoms with van der Waals surface area (Å²) in [7, 11) is 0. The summed E-state index contributed by atoms with van der Waals surface area (Å²) in [5.74, 6) is 0. The van der Waals surface area contributed by atoms with Crippen molar-refractivity contribution >= 4 is 11.3 Å². The lowest BCUT2D eigenvalue weighted by Gasteiger charge is -2.25. The van der Waals surface area contributed by atoms with E-state index in [-0.39, 0.29) is 0 Å². The molecule has 1 aromatic rings. The molecule has 18 heavy (non-hydrogen) atoms. The second-order valence-electron chi connectivity index (χ2n) is 5.12. The van der Waals surface area contributed by atoms with E-state index in [0.29, 0.717) is 12.1 Å². The molecule has 0 radical (unpaired) electrons. The van der Waals surface area contributed by atoms with E-state index in [1.165, 1.54) is 41.9 Å². The molecular formula is C15H25NOS. The van der Waals surface area contributed by atoms with Crippen LogP contribution >= 0.6 is 11.3 Å². The van der Waals surface area contributed by atoms with Crippen LogP contribution < -0.4 is 5.32 Å². The molecule has 102 valence electrons. The number of nitrogens with one attached hydrogen (secondary N) is 1. The Balaban J connectivity index is 1.85. The third-order valence-corrected chi connectivity index (χ3v) is 4.72. The van der Waals surface area contributed by atoms with Gasteiger partial charge in [-0.2, -0.15) is 0 Å². The molecule has 0 bridgehead atoms. The normalized spacial score (nSPS) is 22.0. The van der Waals surface area contributed by atoms with E-state index in [1.807, 2.05) is 11.3 Å². The van der Waals surface area contributed by atoms with Crippen LogP contribution in [-0.4, -0.2) is 19.3 Å². The van der Waals surface area contributed by atoms with Crippen molar-refractivity contribution in [3.8, 4) is 0 Å². The van der Waals surface area contributed by atoms with Crippen LogP contribution in [-0.2, 0) is 4.74 Å². The molecule has 1 aliphatic rings.